The molecule has 126 valence electrons. The summed E-state index contributed by atoms with van der Waals surface area (Å²) in [5.74, 6) is 0.463. The molecule has 1 fully saturated rings. The van der Waals surface area contributed by atoms with Crippen LogP contribution in [-0.2, 0) is 4.74 Å². The van der Waals surface area contributed by atoms with Crippen molar-refractivity contribution in [2.45, 2.75) is 20.8 Å². The molecule has 1 aliphatic rings. The molecule has 6 nitrogen and oxygen atoms in total. The first-order chi connectivity index (χ1) is 11.5. The molecule has 2 heterocycles. The number of amides is 1. The fourth-order valence-electron chi connectivity index (χ4n) is 2.84. The average Bonchev–Trinajstić information content (AvgIpc) is 2.54. The van der Waals surface area contributed by atoms with Crippen molar-refractivity contribution in [3.63, 3.8) is 0 Å². The molecule has 0 saturated carbocycles. The van der Waals surface area contributed by atoms with Gasteiger partial charge in [0.2, 0.25) is 5.95 Å². The van der Waals surface area contributed by atoms with E-state index in [1.54, 1.807) is 6.20 Å². The van der Waals surface area contributed by atoms with Gasteiger partial charge in [-0.05, 0) is 44.0 Å². The van der Waals surface area contributed by atoms with E-state index in [9.17, 15) is 4.79 Å². The maximum Gasteiger partial charge on any atom is 0.259 e. The minimum Gasteiger partial charge on any atom is -0.378 e. The third-order valence-electron chi connectivity index (χ3n) is 3.98. The Morgan fingerprint density at radius 3 is 2.42 bits per heavy atom. The van der Waals surface area contributed by atoms with Crippen molar-refractivity contribution in [1.29, 1.82) is 0 Å². The number of carbonyl (C=O) groups excluding carboxylic acids is 1. The Morgan fingerprint density at radius 2 is 1.79 bits per heavy atom. The van der Waals surface area contributed by atoms with Crippen LogP contribution >= 0.6 is 0 Å². The first kappa shape index (κ1) is 16.4. The minimum absolute atomic E-state index is 0.189. The molecule has 1 aromatic heterocycles. The standard InChI is InChI=1S/C18H22N4O2/c1-12-8-13(2)10-15(9-12)21-17(23)16-11-19-18(20-14(16)3)22-4-6-24-7-5-22/h8-11H,4-7H2,1-3H3,(H,21,23). The summed E-state index contributed by atoms with van der Waals surface area (Å²) in [6.45, 7) is 8.75. The van der Waals surface area contributed by atoms with Crippen LogP contribution in [0.2, 0.25) is 0 Å². The normalized spacial score (nSPS) is 14.5. The second kappa shape index (κ2) is 6.97. The number of rotatable bonds is 3. The van der Waals surface area contributed by atoms with Gasteiger partial charge >= 0.3 is 0 Å². The number of carbonyl (C=O) groups is 1. The van der Waals surface area contributed by atoms with E-state index in [4.69, 9.17) is 4.74 Å². The van der Waals surface area contributed by atoms with Gasteiger partial charge in [0.25, 0.3) is 5.91 Å². The number of morpholine rings is 1. The van der Waals surface area contributed by atoms with Crippen LogP contribution in [0.1, 0.15) is 27.2 Å². The number of hydrogen-bond acceptors (Lipinski definition) is 5. The van der Waals surface area contributed by atoms with E-state index < -0.39 is 0 Å². The topological polar surface area (TPSA) is 67.4 Å². The minimum atomic E-state index is -0.189. The number of anilines is 2. The highest BCUT2D eigenvalue weighted by Gasteiger charge is 2.17. The summed E-state index contributed by atoms with van der Waals surface area (Å²) in [4.78, 5) is 23.4. The molecule has 2 aromatic rings. The van der Waals surface area contributed by atoms with Gasteiger partial charge in [-0.3, -0.25) is 4.79 Å². The van der Waals surface area contributed by atoms with Gasteiger partial charge in [0.1, 0.15) is 0 Å². The summed E-state index contributed by atoms with van der Waals surface area (Å²) >= 11 is 0. The second-order valence-corrected chi connectivity index (χ2v) is 6.10. The van der Waals surface area contributed by atoms with Gasteiger partial charge in [-0.2, -0.15) is 0 Å². The van der Waals surface area contributed by atoms with Gasteiger partial charge in [0.05, 0.1) is 24.5 Å². The molecule has 1 aliphatic heterocycles. The molecule has 0 bridgehead atoms. The molecule has 0 aliphatic carbocycles. The van der Waals surface area contributed by atoms with Crippen LogP contribution in [-0.4, -0.2) is 42.2 Å². The number of aryl methyl sites for hydroxylation is 3. The molecule has 0 unspecified atom stereocenters. The van der Waals surface area contributed by atoms with Gasteiger partial charge in [-0.15, -0.1) is 0 Å². The van der Waals surface area contributed by atoms with Crippen LogP contribution in [0.5, 0.6) is 0 Å². The van der Waals surface area contributed by atoms with Crippen LogP contribution < -0.4 is 10.2 Å². The van der Waals surface area contributed by atoms with Crippen LogP contribution in [0.25, 0.3) is 0 Å². The van der Waals surface area contributed by atoms with Crippen molar-refractivity contribution < 1.29 is 9.53 Å². The van der Waals surface area contributed by atoms with Crippen LogP contribution in [0, 0.1) is 20.8 Å². The summed E-state index contributed by atoms with van der Waals surface area (Å²) in [5, 5.41) is 2.93. The molecule has 1 saturated heterocycles. The van der Waals surface area contributed by atoms with E-state index in [1.807, 2.05) is 32.9 Å². The lowest BCUT2D eigenvalue weighted by Gasteiger charge is -2.27. The maximum atomic E-state index is 12.5. The van der Waals surface area contributed by atoms with E-state index in [1.165, 1.54) is 0 Å². The zero-order valence-corrected chi connectivity index (χ0v) is 14.3. The molecule has 0 atom stereocenters. The third-order valence-corrected chi connectivity index (χ3v) is 3.98. The Bertz CT molecular complexity index is 734. The van der Waals surface area contributed by atoms with E-state index in [2.05, 4.69) is 26.3 Å². The molecule has 3 rings (SSSR count). The van der Waals surface area contributed by atoms with E-state index in [0.29, 0.717) is 30.4 Å². The quantitative estimate of drug-likeness (QED) is 0.938. The summed E-state index contributed by atoms with van der Waals surface area (Å²) in [6.07, 6.45) is 1.60. The molecule has 1 amide bonds. The molecular formula is C18H22N4O2. The molecule has 6 heteroatoms. The number of nitrogens with one attached hydrogen (secondary N) is 1. The van der Waals surface area contributed by atoms with Crippen molar-refractivity contribution in [2.75, 3.05) is 36.5 Å². The fraction of sp³-hybridized carbons (Fsp3) is 0.389. The summed E-state index contributed by atoms with van der Waals surface area (Å²) in [5.41, 5.74) is 4.18. The molecule has 24 heavy (non-hydrogen) atoms. The van der Waals surface area contributed by atoms with Crippen LogP contribution in [0.15, 0.2) is 24.4 Å². The number of ether oxygens (including phenoxy) is 1. The molecular weight excluding hydrogens is 304 g/mol. The average molecular weight is 326 g/mol. The second-order valence-electron chi connectivity index (χ2n) is 6.10. The van der Waals surface area contributed by atoms with Gasteiger partial charge in [-0.25, -0.2) is 9.97 Å². The maximum absolute atomic E-state index is 12.5. The largest absolute Gasteiger partial charge is 0.378 e. The molecule has 1 N–H and O–H groups in total. The highest BCUT2D eigenvalue weighted by atomic mass is 16.5. The van der Waals surface area contributed by atoms with Crippen molar-refractivity contribution in [2.24, 2.45) is 0 Å². The lowest BCUT2D eigenvalue weighted by Crippen LogP contribution is -2.37. The van der Waals surface area contributed by atoms with E-state index >= 15 is 0 Å². The highest BCUT2D eigenvalue weighted by Crippen LogP contribution is 2.17. The lowest BCUT2D eigenvalue weighted by atomic mass is 10.1. The number of hydrogen-bond donors (Lipinski definition) is 1. The number of nitrogens with zero attached hydrogens (tertiary/aromatic N) is 3. The monoisotopic (exact) mass is 326 g/mol. The zero-order chi connectivity index (χ0) is 17.1. The van der Waals surface area contributed by atoms with Crippen LogP contribution in [0.3, 0.4) is 0 Å². The zero-order valence-electron chi connectivity index (χ0n) is 14.3. The van der Waals surface area contributed by atoms with Gasteiger partial charge < -0.3 is 15.0 Å². The Kier molecular flexibility index (Phi) is 4.76. The van der Waals surface area contributed by atoms with Crippen molar-refractivity contribution in [3.05, 3.63) is 46.8 Å². The first-order valence-corrected chi connectivity index (χ1v) is 8.09. The fourth-order valence-corrected chi connectivity index (χ4v) is 2.84. The van der Waals surface area contributed by atoms with Crippen molar-refractivity contribution in [3.8, 4) is 0 Å². The van der Waals surface area contributed by atoms with Gasteiger partial charge in [0, 0.05) is 25.0 Å². The Balaban J connectivity index is 1.77. The smallest absolute Gasteiger partial charge is 0.259 e. The summed E-state index contributed by atoms with van der Waals surface area (Å²) in [7, 11) is 0. The van der Waals surface area contributed by atoms with Gasteiger partial charge in [-0.1, -0.05) is 6.07 Å². The molecule has 1 aromatic carbocycles. The Labute approximate surface area is 141 Å². The van der Waals surface area contributed by atoms with Crippen LogP contribution in [0.4, 0.5) is 11.6 Å². The summed E-state index contributed by atoms with van der Waals surface area (Å²) < 4.78 is 5.34. The predicted molar refractivity (Wildman–Crippen MR) is 93.7 cm³/mol. The van der Waals surface area contributed by atoms with E-state index in [0.717, 1.165) is 29.9 Å². The summed E-state index contributed by atoms with van der Waals surface area (Å²) in [6, 6.07) is 5.97. The SMILES string of the molecule is Cc1cc(C)cc(NC(=O)c2cnc(N3CCOCC3)nc2C)c1. The Morgan fingerprint density at radius 1 is 1.12 bits per heavy atom. The lowest BCUT2D eigenvalue weighted by molar-refractivity contribution is 0.102. The third kappa shape index (κ3) is 3.71. The van der Waals surface area contributed by atoms with Crippen molar-refractivity contribution >= 4 is 17.5 Å². The molecule has 0 spiro atoms. The van der Waals surface area contributed by atoms with Crippen molar-refractivity contribution in [1.82, 2.24) is 9.97 Å². The van der Waals surface area contributed by atoms with Gasteiger partial charge in [0.15, 0.2) is 0 Å². The van der Waals surface area contributed by atoms with E-state index in [-0.39, 0.29) is 5.91 Å². The molecule has 0 radical (unpaired) electrons. The number of benzene rings is 1. The number of aromatic nitrogens is 2. The highest BCUT2D eigenvalue weighted by molar-refractivity contribution is 6.04. The Hall–Kier alpha value is -2.47. The predicted octanol–water partition coefficient (Wildman–Crippen LogP) is 2.49. The first-order valence-electron chi connectivity index (χ1n) is 8.09.